The first kappa shape index (κ1) is 25.4. The molecule has 1 saturated heterocycles. The second-order valence-corrected chi connectivity index (χ2v) is 11.0. The Labute approximate surface area is 207 Å². The van der Waals surface area contributed by atoms with E-state index in [1.807, 2.05) is 6.92 Å². The van der Waals surface area contributed by atoms with Gasteiger partial charge in [0.1, 0.15) is 11.6 Å². The van der Waals surface area contributed by atoms with Gasteiger partial charge < -0.3 is 14.5 Å². The van der Waals surface area contributed by atoms with Crippen molar-refractivity contribution in [2.24, 2.45) is 0 Å². The van der Waals surface area contributed by atoms with Crippen molar-refractivity contribution in [1.82, 2.24) is 9.21 Å². The zero-order chi connectivity index (χ0) is 24.8. The smallest absolute Gasteiger partial charge is 0.243 e. The van der Waals surface area contributed by atoms with Crippen LogP contribution in [0.3, 0.4) is 0 Å². The molecule has 2 aromatic carbocycles. The highest BCUT2D eigenvalue weighted by molar-refractivity contribution is 7.89. The number of carbonyl (C=O) groups is 1. The van der Waals surface area contributed by atoms with E-state index in [1.54, 1.807) is 41.3 Å². The molecular formula is C26H34FN3O4S. The minimum Gasteiger partial charge on any atom is -0.494 e. The summed E-state index contributed by atoms with van der Waals surface area (Å²) in [6.07, 6.45) is 4.55. The van der Waals surface area contributed by atoms with E-state index in [4.69, 9.17) is 4.74 Å². The average Bonchev–Trinajstić information content (AvgIpc) is 2.88. The van der Waals surface area contributed by atoms with Gasteiger partial charge in [-0.05, 0) is 68.3 Å². The number of carbonyl (C=O) groups excluding carboxylic acids is 1. The fourth-order valence-corrected chi connectivity index (χ4v) is 6.52. The van der Waals surface area contributed by atoms with Gasteiger partial charge in [-0.15, -0.1) is 0 Å². The summed E-state index contributed by atoms with van der Waals surface area (Å²) in [4.78, 5) is 17.3. The molecule has 190 valence electrons. The van der Waals surface area contributed by atoms with Crippen LogP contribution in [0.4, 0.5) is 10.1 Å². The lowest BCUT2D eigenvalue weighted by Crippen LogP contribution is -2.53. The van der Waals surface area contributed by atoms with Crippen LogP contribution in [-0.2, 0) is 14.8 Å². The van der Waals surface area contributed by atoms with E-state index < -0.39 is 10.0 Å². The maximum atomic E-state index is 13.7. The van der Waals surface area contributed by atoms with Crippen LogP contribution in [0.25, 0.3) is 0 Å². The summed E-state index contributed by atoms with van der Waals surface area (Å²) < 4.78 is 47.4. The highest BCUT2D eigenvalue weighted by atomic mass is 32.2. The molecule has 2 aromatic rings. The van der Waals surface area contributed by atoms with Gasteiger partial charge in [-0.25, -0.2) is 12.8 Å². The van der Waals surface area contributed by atoms with Crippen LogP contribution in [0.15, 0.2) is 53.4 Å². The third-order valence-corrected chi connectivity index (χ3v) is 8.75. The van der Waals surface area contributed by atoms with Crippen molar-refractivity contribution < 1.29 is 22.3 Å². The van der Waals surface area contributed by atoms with Crippen molar-refractivity contribution in [1.29, 1.82) is 0 Å². The third-order valence-electron chi connectivity index (χ3n) is 6.84. The summed E-state index contributed by atoms with van der Waals surface area (Å²) in [7, 11) is -3.84. The van der Waals surface area contributed by atoms with Gasteiger partial charge >= 0.3 is 0 Å². The Balaban J connectivity index is 1.46. The number of rotatable bonds is 8. The summed E-state index contributed by atoms with van der Waals surface area (Å²) in [5.41, 5.74) is 0.917. The van der Waals surface area contributed by atoms with E-state index in [0.717, 1.165) is 37.8 Å². The minimum atomic E-state index is -3.84. The van der Waals surface area contributed by atoms with Gasteiger partial charge in [0.2, 0.25) is 15.9 Å². The SMILES string of the molecule is CCOc1ccc(S(=O)(=O)N(CC(=O)N2CCN(c3ccc(F)cc3)CC2)C2CCCCC2)cc1. The van der Waals surface area contributed by atoms with Gasteiger partial charge in [0.25, 0.3) is 0 Å². The molecule has 1 amide bonds. The number of piperazine rings is 1. The van der Waals surface area contributed by atoms with Crippen molar-refractivity contribution in [3.05, 3.63) is 54.3 Å². The molecule has 9 heteroatoms. The first-order chi connectivity index (χ1) is 16.9. The number of anilines is 1. The summed E-state index contributed by atoms with van der Waals surface area (Å²) in [5, 5.41) is 0. The molecule has 0 atom stereocenters. The fourth-order valence-electron chi connectivity index (χ4n) is 4.89. The highest BCUT2D eigenvalue weighted by Crippen LogP contribution is 2.29. The van der Waals surface area contributed by atoms with Gasteiger partial charge in [-0.1, -0.05) is 19.3 Å². The molecule has 0 spiro atoms. The van der Waals surface area contributed by atoms with E-state index in [2.05, 4.69) is 4.90 Å². The molecular weight excluding hydrogens is 469 g/mol. The lowest BCUT2D eigenvalue weighted by atomic mass is 9.95. The standard InChI is InChI=1S/C26H34FN3O4S/c1-2-34-24-12-14-25(15-13-24)35(32,33)30(23-6-4-3-5-7-23)20-26(31)29-18-16-28(17-19-29)22-10-8-21(27)9-11-22/h8-15,23H,2-7,16-20H2,1H3. The lowest BCUT2D eigenvalue weighted by molar-refractivity contribution is -0.132. The van der Waals surface area contributed by atoms with E-state index >= 15 is 0 Å². The number of benzene rings is 2. The van der Waals surface area contributed by atoms with Crippen molar-refractivity contribution >= 4 is 21.6 Å². The number of amides is 1. The monoisotopic (exact) mass is 503 g/mol. The van der Waals surface area contributed by atoms with Crippen LogP contribution in [0.2, 0.25) is 0 Å². The normalized spacial score (nSPS) is 17.6. The molecule has 1 heterocycles. The van der Waals surface area contributed by atoms with Crippen molar-refractivity contribution in [2.45, 2.75) is 50.0 Å². The second kappa shape index (κ2) is 11.4. The fraction of sp³-hybridized carbons (Fsp3) is 0.500. The second-order valence-electron chi connectivity index (χ2n) is 9.09. The molecule has 1 saturated carbocycles. The Morgan fingerprint density at radius 3 is 2.20 bits per heavy atom. The van der Waals surface area contributed by atoms with E-state index in [9.17, 15) is 17.6 Å². The first-order valence-electron chi connectivity index (χ1n) is 12.4. The van der Waals surface area contributed by atoms with Gasteiger partial charge in [-0.2, -0.15) is 4.31 Å². The molecule has 1 aliphatic carbocycles. The summed E-state index contributed by atoms with van der Waals surface area (Å²) in [5.74, 6) is 0.161. The number of hydrogen-bond acceptors (Lipinski definition) is 5. The molecule has 0 N–H and O–H groups in total. The predicted octanol–water partition coefficient (Wildman–Crippen LogP) is 3.90. The van der Waals surface area contributed by atoms with Gasteiger partial charge in [0, 0.05) is 37.9 Å². The molecule has 2 fully saturated rings. The number of nitrogens with zero attached hydrogens (tertiary/aromatic N) is 3. The van der Waals surface area contributed by atoms with Crippen molar-refractivity contribution in [2.75, 3.05) is 44.2 Å². The van der Waals surface area contributed by atoms with Crippen LogP contribution in [-0.4, -0.2) is 68.9 Å². The molecule has 2 aliphatic rings. The Kier molecular flexibility index (Phi) is 8.28. The molecule has 35 heavy (non-hydrogen) atoms. The zero-order valence-electron chi connectivity index (χ0n) is 20.2. The molecule has 1 aliphatic heterocycles. The molecule has 7 nitrogen and oxygen atoms in total. The summed E-state index contributed by atoms with van der Waals surface area (Å²) in [6.45, 7) is 4.45. The molecule has 0 radical (unpaired) electrons. The van der Waals surface area contributed by atoms with Crippen LogP contribution in [0, 0.1) is 5.82 Å². The van der Waals surface area contributed by atoms with E-state index in [1.165, 1.54) is 16.4 Å². The Hall–Kier alpha value is -2.65. The van der Waals surface area contributed by atoms with Gasteiger partial charge in [0.05, 0.1) is 18.0 Å². The van der Waals surface area contributed by atoms with Crippen molar-refractivity contribution in [3.63, 3.8) is 0 Å². The maximum Gasteiger partial charge on any atom is 0.243 e. The summed E-state index contributed by atoms with van der Waals surface area (Å²) >= 11 is 0. The van der Waals surface area contributed by atoms with Crippen LogP contribution in [0.5, 0.6) is 5.75 Å². The number of ether oxygens (including phenoxy) is 1. The van der Waals surface area contributed by atoms with Gasteiger partial charge in [-0.3, -0.25) is 4.79 Å². The quantitative estimate of drug-likeness (QED) is 0.547. The van der Waals surface area contributed by atoms with Crippen molar-refractivity contribution in [3.8, 4) is 5.75 Å². The molecule has 0 aromatic heterocycles. The van der Waals surface area contributed by atoms with E-state index in [0.29, 0.717) is 38.5 Å². The lowest BCUT2D eigenvalue weighted by Gasteiger charge is -2.38. The number of hydrogen-bond donors (Lipinski definition) is 0. The Morgan fingerprint density at radius 2 is 1.60 bits per heavy atom. The molecule has 0 unspecified atom stereocenters. The minimum absolute atomic E-state index is 0.156. The van der Waals surface area contributed by atoms with Crippen LogP contribution >= 0.6 is 0 Å². The Bertz CT molecular complexity index is 1080. The first-order valence-corrected chi connectivity index (χ1v) is 13.9. The Morgan fingerprint density at radius 1 is 0.971 bits per heavy atom. The van der Waals surface area contributed by atoms with E-state index in [-0.39, 0.29) is 29.2 Å². The highest BCUT2D eigenvalue weighted by Gasteiger charge is 2.35. The van der Waals surface area contributed by atoms with Crippen LogP contribution in [0.1, 0.15) is 39.0 Å². The maximum absolute atomic E-state index is 13.7. The zero-order valence-corrected chi connectivity index (χ0v) is 21.1. The largest absolute Gasteiger partial charge is 0.494 e. The third kappa shape index (κ3) is 6.13. The van der Waals surface area contributed by atoms with Gasteiger partial charge in [0.15, 0.2) is 0 Å². The molecule has 4 rings (SSSR count). The summed E-state index contributed by atoms with van der Waals surface area (Å²) in [6, 6.07) is 12.6. The number of sulfonamides is 1. The number of halogens is 1. The average molecular weight is 504 g/mol. The topological polar surface area (TPSA) is 70.2 Å². The van der Waals surface area contributed by atoms with Crippen LogP contribution < -0.4 is 9.64 Å². The molecule has 0 bridgehead atoms. The predicted molar refractivity (Wildman–Crippen MR) is 134 cm³/mol.